The third-order valence-electron chi connectivity index (χ3n) is 4.88. The average Bonchev–Trinajstić information content (AvgIpc) is 3.23. The molecule has 3 aliphatic rings. The van der Waals surface area contributed by atoms with E-state index in [1.165, 1.54) is 6.42 Å². The highest BCUT2D eigenvalue weighted by molar-refractivity contribution is 7.13. The fraction of sp³-hybridized carbons (Fsp3) is 0.600. The van der Waals surface area contributed by atoms with Crippen LogP contribution in [0.5, 0.6) is 0 Å². The molecule has 2 bridgehead atoms. The molecule has 20 heavy (non-hydrogen) atoms. The fourth-order valence-corrected chi connectivity index (χ4v) is 4.49. The third-order valence-corrected chi connectivity index (χ3v) is 5.71. The SMILES string of the molecule is O=C(C1CC2C=CC1C2)N1CCN(c2nccs2)CC1. The van der Waals surface area contributed by atoms with Crippen LogP contribution in [0.1, 0.15) is 12.8 Å². The van der Waals surface area contributed by atoms with Gasteiger partial charge in [-0.25, -0.2) is 4.98 Å². The first kappa shape index (κ1) is 12.4. The van der Waals surface area contributed by atoms with Gasteiger partial charge in [0, 0.05) is 43.7 Å². The summed E-state index contributed by atoms with van der Waals surface area (Å²) in [5.41, 5.74) is 0. The lowest BCUT2D eigenvalue weighted by Crippen LogP contribution is -2.50. The summed E-state index contributed by atoms with van der Waals surface area (Å²) in [4.78, 5) is 21.4. The molecule has 1 aromatic heterocycles. The van der Waals surface area contributed by atoms with Crippen molar-refractivity contribution < 1.29 is 4.79 Å². The van der Waals surface area contributed by atoms with E-state index in [9.17, 15) is 4.79 Å². The topological polar surface area (TPSA) is 36.4 Å². The quantitative estimate of drug-likeness (QED) is 0.781. The Morgan fingerprint density at radius 1 is 1.20 bits per heavy atom. The molecule has 1 saturated heterocycles. The van der Waals surface area contributed by atoms with Gasteiger partial charge in [0.15, 0.2) is 5.13 Å². The number of amides is 1. The monoisotopic (exact) mass is 289 g/mol. The number of thiazole rings is 1. The maximum absolute atomic E-state index is 12.6. The number of piperazine rings is 1. The molecule has 3 atom stereocenters. The molecular weight excluding hydrogens is 270 g/mol. The standard InChI is InChI=1S/C15H19N3OS/c19-14(13-10-11-1-2-12(13)9-11)17-4-6-18(7-5-17)15-16-3-8-20-15/h1-3,8,11-13H,4-7,9-10H2. The first-order chi connectivity index (χ1) is 9.81. The van der Waals surface area contributed by atoms with Gasteiger partial charge in [0.25, 0.3) is 0 Å². The van der Waals surface area contributed by atoms with Crippen molar-refractivity contribution in [3.63, 3.8) is 0 Å². The minimum absolute atomic E-state index is 0.261. The molecular formula is C15H19N3OS. The molecule has 3 unspecified atom stereocenters. The van der Waals surface area contributed by atoms with Crippen LogP contribution in [0.15, 0.2) is 23.7 Å². The molecule has 2 heterocycles. The average molecular weight is 289 g/mol. The number of fused-ring (bicyclic) bond motifs is 2. The molecule has 2 fully saturated rings. The highest BCUT2D eigenvalue weighted by Gasteiger charge is 2.41. The number of nitrogens with zero attached hydrogens (tertiary/aromatic N) is 3. The summed E-state index contributed by atoms with van der Waals surface area (Å²) in [6.07, 6.45) is 8.69. The van der Waals surface area contributed by atoms with E-state index in [1.54, 1.807) is 11.3 Å². The Kier molecular flexibility index (Phi) is 3.02. The van der Waals surface area contributed by atoms with Crippen LogP contribution in [-0.2, 0) is 4.79 Å². The van der Waals surface area contributed by atoms with Gasteiger partial charge in [0.1, 0.15) is 0 Å². The van der Waals surface area contributed by atoms with Gasteiger partial charge in [-0.3, -0.25) is 4.79 Å². The Hall–Kier alpha value is -1.36. The lowest BCUT2D eigenvalue weighted by molar-refractivity contribution is -0.136. The summed E-state index contributed by atoms with van der Waals surface area (Å²) in [6, 6.07) is 0. The lowest BCUT2D eigenvalue weighted by Gasteiger charge is -2.36. The van der Waals surface area contributed by atoms with Crippen molar-refractivity contribution in [2.24, 2.45) is 17.8 Å². The van der Waals surface area contributed by atoms with E-state index < -0.39 is 0 Å². The number of allylic oxidation sites excluding steroid dienone is 2. The largest absolute Gasteiger partial charge is 0.345 e. The van der Waals surface area contributed by atoms with Crippen molar-refractivity contribution in [3.05, 3.63) is 23.7 Å². The van der Waals surface area contributed by atoms with Crippen LogP contribution < -0.4 is 4.90 Å². The second kappa shape index (κ2) is 4.88. The Labute approximate surface area is 123 Å². The van der Waals surface area contributed by atoms with E-state index in [0.29, 0.717) is 17.7 Å². The molecule has 2 aliphatic carbocycles. The van der Waals surface area contributed by atoms with Gasteiger partial charge in [0.05, 0.1) is 0 Å². The first-order valence-electron chi connectivity index (χ1n) is 7.43. The van der Waals surface area contributed by atoms with Crippen molar-refractivity contribution in [1.82, 2.24) is 9.88 Å². The molecule has 1 saturated carbocycles. The van der Waals surface area contributed by atoms with Crippen LogP contribution in [0.2, 0.25) is 0 Å². The van der Waals surface area contributed by atoms with Gasteiger partial charge in [0.2, 0.25) is 5.91 Å². The van der Waals surface area contributed by atoms with Crippen LogP contribution >= 0.6 is 11.3 Å². The highest BCUT2D eigenvalue weighted by atomic mass is 32.1. The van der Waals surface area contributed by atoms with E-state index in [-0.39, 0.29) is 5.92 Å². The van der Waals surface area contributed by atoms with Gasteiger partial charge in [-0.1, -0.05) is 12.2 Å². The Balaban J connectivity index is 1.37. The highest BCUT2D eigenvalue weighted by Crippen LogP contribution is 2.44. The molecule has 4 nitrogen and oxygen atoms in total. The summed E-state index contributed by atoms with van der Waals surface area (Å²) >= 11 is 1.68. The maximum atomic E-state index is 12.6. The zero-order valence-corrected chi connectivity index (χ0v) is 12.3. The van der Waals surface area contributed by atoms with E-state index in [1.807, 2.05) is 11.6 Å². The van der Waals surface area contributed by atoms with Crippen LogP contribution in [0, 0.1) is 17.8 Å². The van der Waals surface area contributed by atoms with Crippen molar-refractivity contribution >= 4 is 22.4 Å². The van der Waals surface area contributed by atoms with Crippen LogP contribution in [0.4, 0.5) is 5.13 Å². The van der Waals surface area contributed by atoms with E-state index >= 15 is 0 Å². The number of carbonyl (C=O) groups is 1. The predicted octanol–water partition coefficient (Wildman–Crippen LogP) is 2.00. The molecule has 1 aromatic rings. The van der Waals surface area contributed by atoms with Gasteiger partial charge in [-0.2, -0.15) is 0 Å². The van der Waals surface area contributed by atoms with E-state index in [4.69, 9.17) is 0 Å². The van der Waals surface area contributed by atoms with Crippen molar-refractivity contribution in [1.29, 1.82) is 0 Å². The number of rotatable bonds is 2. The molecule has 1 amide bonds. The molecule has 1 aliphatic heterocycles. The summed E-state index contributed by atoms with van der Waals surface area (Å²) < 4.78 is 0. The summed E-state index contributed by atoms with van der Waals surface area (Å²) in [5.74, 6) is 1.84. The van der Waals surface area contributed by atoms with Gasteiger partial charge >= 0.3 is 0 Å². The van der Waals surface area contributed by atoms with Gasteiger partial charge in [-0.15, -0.1) is 11.3 Å². The number of aromatic nitrogens is 1. The summed E-state index contributed by atoms with van der Waals surface area (Å²) in [7, 11) is 0. The zero-order chi connectivity index (χ0) is 13.5. The molecule has 0 spiro atoms. The zero-order valence-electron chi connectivity index (χ0n) is 11.4. The normalized spacial score (nSPS) is 32.1. The van der Waals surface area contributed by atoms with Crippen LogP contribution in [-0.4, -0.2) is 42.0 Å². The second-order valence-electron chi connectivity index (χ2n) is 6.01. The van der Waals surface area contributed by atoms with Crippen molar-refractivity contribution in [2.75, 3.05) is 31.1 Å². The minimum atomic E-state index is 0.261. The summed E-state index contributed by atoms with van der Waals surface area (Å²) in [6.45, 7) is 3.51. The Bertz CT molecular complexity index is 519. The number of hydrogen-bond acceptors (Lipinski definition) is 4. The van der Waals surface area contributed by atoms with E-state index in [2.05, 4.69) is 26.9 Å². The maximum Gasteiger partial charge on any atom is 0.226 e. The lowest BCUT2D eigenvalue weighted by atomic mass is 9.92. The van der Waals surface area contributed by atoms with Crippen LogP contribution in [0.3, 0.4) is 0 Å². The predicted molar refractivity (Wildman–Crippen MR) is 79.8 cm³/mol. The second-order valence-corrected chi connectivity index (χ2v) is 6.89. The molecule has 0 radical (unpaired) electrons. The molecule has 5 heteroatoms. The molecule has 0 aromatic carbocycles. The number of carbonyl (C=O) groups excluding carboxylic acids is 1. The molecule has 106 valence electrons. The van der Waals surface area contributed by atoms with Gasteiger partial charge < -0.3 is 9.80 Å². The third kappa shape index (κ3) is 2.04. The minimum Gasteiger partial charge on any atom is -0.345 e. The molecule has 0 N–H and O–H groups in total. The fourth-order valence-electron chi connectivity index (χ4n) is 3.79. The van der Waals surface area contributed by atoms with E-state index in [0.717, 1.165) is 37.7 Å². The Morgan fingerprint density at radius 2 is 2.05 bits per heavy atom. The van der Waals surface area contributed by atoms with Crippen molar-refractivity contribution in [3.8, 4) is 0 Å². The number of hydrogen-bond donors (Lipinski definition) is 0. The van der Waals surface area contributed by atoms with Gasteiger partial charge in [-0.05, 0) is 24.7 Å². The van der Waals surface area contributed by atoms with Crippen molar-refractivity contribution in [2.45, 2.75) is 12.8 Å². The number of anilines is 1. The Morgan fingerprint density at radius 3 is 2.65 bits per heavy atom. The smallest absolute Gasteiger partial charge is 0.226 e. The summed E-state index contributed by atoms with van der Waals surface area (Å²) in [5, 5.41) is 3.09. The molecule has 4 rings (SSSR count). The van der Waals surface area contributed by atoms with Crippen LogP contribution in [0.25, 0.3) is 0 Å². The first-order valence-corrected chi connectivity index (χ1v) is 8.31.